The van der Waals surface area contributed by atoms with Gasteiger partial charge in [-0.2, -0.15) is 16.9 Å². The molecular weight excluding hydrogens is 582 g/mol. The summed E-state index contributed by atoms with van der Waals surface area (Å²) >= 11 is 1.84. The molecule has 2 aliphatic rings. The minimum atomic E-state index is -0.597. The molecular formula is C36H39N5O3S. The highest BCUT2D eigenvalue weighted by Gasteiger charge is 2.33. The third-order valence-electron chi connectivity index (χ3n) is 8.50. The van der Waals surface area contributed by atoms with Gasteiger partial charge >= 0.3 is 6.03 Å². The minimum absolute atomic E-state index is 0.0376. The number of benzene rings is 3. The molecule has 1 aliphatic carbocycles. The van der Waals surface area contributed by atoms with Crippen molar-refractivity contribution in [2.75, 3.05) is 35.2 Å². The van der Waals surface area contributed by atoms with E-state index in [1.807, 2.05) is 90.3 Å². The van der Waals surface area contributed by atoms with Gasteiger partial charge in [0, 0.05) is 41.5 Å². The van der Waals surface area contributed by atoms with Crippen LogP contribution in [0, 0.1) is 12.8 Å². The summed E-state index contributed by atoms with van der Waals surface area (Å²) in [5, 5.41) is 12.7. The lowest BCUT2D eigenvalue weighted by Crippen LogP contribution is -2.44. The van der Waals surface area contributed by atoms with Crippen molar-refractivity contribution in [2.45, 2.75) is 46.0 Å². The predicted molar refractivity (Wildman–Crippen MR) is 183 cm³/mol. The third-order valence-corrected chi connectivity index (χ3v) is 9.44. The number of ketones is 1. The van der Waals surface area contributed by atoms with Crippen molar-refractivity contribution in [1.82, 2.24) is 14.7 Å². The Morgan fingerprint density at radius 1 is 0.933 bits per heavy atom. The fourth-order valence-corrected chi connectivity index (χ4v) is 6.83. The van der Waals surface area contributed by atoms with Crippen LogP contribution >= 0.6 is 11.8 Å². The highest BCUT2D eigenvalue weighted by molar-refractivity contribution is 7.99. The molecule has 0 saturated carbocycles. The number of allylic oxidation sites excluding steroid dienone is 2. The maximum absolute atomic E-state index is 13.4. The van der Waals surface area contributed by atoms with Gasteiger partial charge in [0.15, 0.2) is 5.78 Å². The number of aryl methyl sites for hydroxylation is 1. The fraction of sp³-hybridized carbons (Fsp3) is 0.333. The van der Waals surface area contributed by atoms with Crippen LogP contribution in [0.3, 0.4) is 0 Å². The lowest BCUT2D eigenvalue weighted by molar-refractivity contribution is -0.139. The van der Waals surface area contributed by atoms with Crippen molar-refractivity contribution in [2.24, 2.45) is 5.92 Å². The van der Waals surface area contributed by atoms with Crippen molar-refractivity contribution < 1.29 is 14.4 Å². The molecule has 3 amide bonds. The highest BCUT2D eigenvalue weighted by Crippen LogP contribution is 2.36. The fourth-order valence-electron chi connectivity index (χ4n) is 5.93. The van der Waals surface area contributed by atoms with Crippen LogP contribution in [0.4, 0.5) is 16.3 Å². The molecule has 0 spiro atoms. The molecule has 2 N–H and O–H groups in total. The SMILES string of the molecule is Cc1ccc(-n2nc(C(C)(C)C)cc2NC(=O)Nc2ccc(C3=CC(=O)C(C(=O)N4CCSCC4)CC3)c3ccccc23)cc1. The summed E-state index contributed by atoms with van der Waals surface area (Å²) in [5.41, 5.74) is 5.17. The minimum Gasteiger partial charge on any atom is -0.340 e. The topological polar surface area (TPSA) is 96.3 Å². The molecule has 1 unspecified atom stereocenters. The van der Waals surface area contributed by atoms with E-state index in [-0.39, 0.29) is 23.1 Å². The van der Waals surface area contributed by atoms with E-state index in [4.69, 9.17) is 5.10 Å². The standard InChI is InChI=1S/C36H39N5O3S/c1-23-9-12-25(13-10-23)41-33(22-32(39-41)36(2,3)4)38-35(44)37-30-16-15-26(27-7-5-6-8-28(27)30)24-11-14-29(31(42)21-24)34(43)40-17-19-45-20-18-40/h5-10,12-13,15-16,21-22,29H,11,14,17-20H2,1-4H3,(H2,37,38,44). The Morgan fingerprint density at radius 3 is 2.33 bits per heavy atom. The van der Waals surface area contributed by atoms with Crippen LogP contribution in [-0.4, -0.2) is 57.0 Å². The van der Waals surface area contributed by atoms with Crippen molar-refractivity contribution in [3.63, 3.8) is 0 Å². The Labute approximate surface area is 268 Å². The van der Waals surface area contributed by atoms with Crippen LogP contribution in [0.25, 0.3) is 22.0 Å². The van der Waals surface area contributed by atoms with E-state index in [0.717, 1.165) is 50.4 Å². The van der Waals surface area contributed by atoms with E-state index >= 15 is 0 Å². The molecule has 9 heteroatoms. The first-order chi connectivity index (χ1) is 21.6. The monoisotopic (exact) mass is 621 g/mol. The summed E-state index contributed by atoms with van der Waals surface area (Å²) in [5.74, 6) is 1.66. The number of nitrogens with one attached hydrogen (secondary N) is 2. The number of amides is 3. The Hall–Kier alpha value is -4.37. The number of carbonyl (C=O) groups is 3. The highest BCUT2D eigenvalue weighted by atomic mass is 32.2. The van der Waals surface area contributed by atoms with Crippen LogP contribution < -0.4 is 10.6 Å². The van der Waals surface area contributed by atoms with E-state index in [1.165, 1.54) is 0 Å². The normalized spacial score (nSPS) is 17.2. The van der Waals surface area contributed by atoms with Gasteiger partial charge in [-0.3, -0.25) is 14.9 Å². The summed E-state index contributed by atoms with van der Waals surface area (Å²) < 4.78 is 1.76. The quantitative estimate of drug-likeness (QED) is 0.230. The van der Waals surface area contributed by atoms with Crippen LogP contribution in [-0.2, 0) is 15.0 Å². The number of rotatable bonds is 5. The number of thioether (sulfide) groups is 1. The molecule has 45 heavy (non-hydrogen) atoms. The van der Waals surface area contributed by atoms with Crippen molar-refractivity contribution in [3.8, 4) is 5.69 Å². The lowest BCUT2D eigenvalue weighted by Gasteiger charge is -2.31. The number of anilines is 2. The van der Waals surface area contributed by atoms with E-state index in [0.29, 0.717) is 37.4 Å². The van der Waals surface area contributed by atoms with Crippen molar-refractivity contribution in [1.29, 1.82) is 0 Å². The van der Waals surface area contributed by atoms with Gasteiger partial charge in [-0.1, -0.05) is 68.8 Å². The molecule has 4 aromatic rings. The molecule has 6 rings (SSSR count). The van der Waals surface area contributed by atoms with Crippen LogP contribution in [0.1, 0.15) is 50.4 Å². The van der Waals surface area contributed by atoms with Gasteiger partial charge < -0.3 is 10.2 Å². The Kier molecular flexibility index (Phi) is 8.55. The molecule has 1 atom stereocenters. The Balaban J connectivity index is 1.24. The lowest BCUT2D eigenvalue weighted by atomic mass is 9.83. The van der Waals surface area contributed by atoms with E-state index in [2.05, 4.69) is 31.4 Å². The van der Waals surface area contributed by atoms with Gasteiger partial charge in [-0.25, -0.2) is 9.48 Å². The Bertz CT molecular complexity index is 1800. The van der Waals surface area contributed by atoms with Gasteiger partial charge in [-0.15, -0.1) is 0 Å². The molecule has 8 nitrogen and oxygen atoms in total. The second kappa shape index (κ2) is 12.6. The molecule has 232 valence electrons. The number of aromatic nitrogens is 2. The van der Waals surface area contributed by atoms with E-state index in [1.54, 1.807) is 10.8 Å². The molecule has 1 fully saturated rings. The Morgan fingerprint density at radius 2 is 1.64 bits per heavy atom. The molecule has 1 aliphatic heterocycles. The van der Waals surface area contributed by atoms with Crippen LogP contribution in [0.2, 0.25) is 0 Å². The second-order valence-corrected chi connectivity index (χ2v) is 14.0. The molecule has 0 bridgehead atoms. The maximum Gasteiger partial charge on any atom is 0.324 e. The third kappa shape index (κ3) is 6.54. The average molecular weight is 622 g/mol. The first-order valence-corrected chi connectivity index (χ1v) is 16.6. The summed E-state index contributed by atoms with van der Waals surface area (Å²) in [6.07, 6.45) is 2.81. The zero-order valence-corrected chi connectivity index (χ0v) is 27.0. The zero-order chi connectivity index (χ0) is 31.7. The summed E-state index contributed by atoms with van der Waals surface area (Å²) in [7, 11) is 0. The van der Waals surface area contributed by atoms with Crippen LogP contribution in [0.5, 0.6) is 0 Å². The number of urea groups is 1. The zero-order valence-electron chi connectivity index (χ0n) is 26.2. The van der Waals surface area contributed by atoms with Crippen molar-refractivity contribution >= 4 is 57.3 Å². The van der Waals surface area contributed by atoms with E-state index < -0.39 is 5.92 Å². The molecule has 1 aromatic heterocycles. The van der Waals surface area contributed by atoms with Gasteiger partial charge in [0.25, 0.3) is 0 Å². The second-order valence-electron chi connectivity index (χ2n) is 12.8. The summed E-state index contributed by atoms with van der Waals surface area (Å²) in [4.78, 5) is 41.5. The van der Waals surface area contributed by atoms with Gasteiger partial charge in [0.05, 0.1) is 17.1 Å². The van der Waals surface area contributed by atoms with Gasteiger partial charge in [-0.05, 0) is 60.6 Å². The number of nitrogens with zero attached hydrogens (tertiary/aromatic N) is 3. The molecule has 1 saturated heterocycles. The number of hydrogen-bond acceptors (Lipinski definition) is 5. The molecule has 0 radical (unpaired) electrons. The predicted octanol–water partition coefficient (Wildman–Crippen LogP) is 7.21. The first-order valence-electron chi connectivity index (χ1n) is 15.5. The van der Waals surface area contributed by atoms with E-state index in [9.17, 15) is 14.4 Å². The smallest absolute Gasteiger partial charge is 0.324 e. The number of fused-ring (bicyclic) bond motifs is 1. The van der Waals surface area contributed by atoms with Crippen LogP contribution in [0.15, 0.2) is 72.8 Å². The summed E-state index contributed by atoms with van der Waals surface area (Å²) in [6.45, 7) is 9.73. The number of carbonyl (C=O) groups excluding carboxylic acids is 3. The molecule has 3 aromatic carbocycles. The average Bonchev–Trinajstić information content (AvgIpc) is 3.46. The van der Waals surface area contributed by atoms with Gasteiger partial charge in [0.2, 0.25) is 5.91 Å². The molecule has 2 heterocycles. The largest absolute Gasteiger partial charge is 0.340 e. The van der Waals surface area contributed by atoms with Gasteiger partial charge in [0.1, 0.15) is 11.7 Å². The first kappa shape index (κ1) is 30.6. The number of hydrogen-bond donors (Lipinski definition) is 2. The maximum atomic E-state index is 13.4. The van der Waals surface area contributed by atoms with Crippen molar-refractivity contribution in [3.05, 3.63) is 89.6 Å². The summed E-state index contributed by atoms with van der Waals surface area (Å²) in [6, 6.07) is 21.2.